The quantitative estimate of drug-likeness (QED) is 0.475. The number of carbonyl (C=O) groups is 1. The molecule has 1 aliphatic rings. The number of nitrogens with zero attached hydrogens (tertiary/aromatic N) is 3. The molecule has 158 valence electrons. The third-order valence-electron chi connectivity index (χ3n) is 5.65. The van der Waals surface area contributed by atoms with Gasteiger partial charge >= 0.3 is 0 Å². The van der Waals surface area contributed by atoms with Crippen LogP contribution in [-0.2, 0) is 4.79 Å². The minimum Gasteiger partial charge on any atom is -0.497 e. The fraction of sp³-hybridized carbons (Fsp3) is 0.261. The molecule has 0 bridgehead atoms. The zero-order valence-corrected chi connectivity index (χ0v) is 17.4. The molecule has 1 saturated heterocycles. The molecule has 0 aliphatic carbocycles. The number of benzene rings is 2. The summed E-state index contributed by atoms with van der Waals surface area (Å²) in [6.45, 7) is 2.42. The van der Waals surface area contributed by atoms with Crippen LogP contribution < -0.4 is 14.4 Å². The van der Waals surface area contributed by atoms with E-state index in [1.165, 1.54) is 0 Å². The van der Waals surface area contributed by atoms with Crippen molar-refractivity contribution < 1.29 is 23.2 Å². The summed E-state index contributed by atoms with van der Waals surface area (Å²) in [5.74, 6) is 2.68. The fourth-order valence-corrected chi connectivity index (χ4v) is 3.92. The standard InChI is InChI=1S/C23H21N3O5/c1-13-18-11-17(29-3)8-9-19(18)30-21(13)22-24-23(31-25-22)14-10-20(27)26(12-14)15-4-6-16(28-2)7-5-15/h4-9,11,14H,10,12H2,1-3H3/t14-/m0/s1. The van der Waals surface area contributed by atoms with Gasteiger partial charge in [0.05, 0.1) is 20.1 Å². The molecule has 5 rings (SSSR count). The maximum Gasteiger partial charge on any atom is 0.238 e. The van der Waals surface area contributed by atoms with Crippen molar-refractivity contribution in [3.63, 3.8) is 0 Å². The fourth-order valence-electron chi connectivity index (χ4n) is 3.92. The maximum atomic E-state index is 12.6. The van der Waals surface area contributed by atoms with E-state index in [4.69, 9.17) is 18.4 Å². The van der Waals surface area contributed by atoms with Crippen molar-refractivity contribution in [2.45, 2.75) is 19.3 Å². The molecule has 0 saturated carbocycles. The normalized spacial score (nSPS) is 16.3. The molecule has 0 unspecified atom stereocenters. The molecule has 31 heavy (non-hydrogen) atoms. The Morgan fingerprint density at radius 3 is 2.55 bits per heavy atom. The Balaban J connectivity index is 1.40. The van der Waals surface area contributed by atoms with E-state index in [0.717, 1.165) is 33.7 Å². The van der Waals surface area contributed by atoms with Gasteiger partial charge in [-0.2, -0.15) is 4.98 Å². The van der Waals surface area contributed by atoms with Crippen molar-refractivity contribution in [2.24, 2.45) is 0 Å². The number of fused-ring (bicyclic) bond motifs is 1. The van der Waals surface area contributed by atoms with Crippen LogP contribution in [0.15, 0.2) is 51.4 Å². The molecule has 8 heteroatoms. The average Bonchev–Trinajstić information content (AvgIpc) is 3.51. The Kier molecular flexibility index (Phi) is 4.62. The van der Waals surface area contributed by atoms with Crippen LogP contribution in [0.5, 0.6) is 11.5 Å². The Bertz CT molecular complexity index is 1260. The lowest BCUT2D eigenvalue weighted by molar-refractivity contribution is -0.117. The molecule has 0 radical (unpaired) electrons. The van der Waals surface area contributed by atoms with E-state index in [9.17, 15) is 4.79 Å². The second-order valence-electron chi connectivity index (χ2n) is 7.48. The first-order valence-corrected chi connectivity index (χ1v) is 9.93. The second kappa shape index (κ2) is 7.46. The number of ether oxygens (including phenoxy) is 2. The third kappa shape index (κ3) is 3.30. The predicted octanol–water partition coefficient (Wildman–Crippen LogP) is 4.33. The van der Waals surface area contributed by atoms with Crippen molar-refractivity contribution in [1.82, 2.24) is 10.1 Å². The molecule has 1 aliphatic heterocycles. The van der Waals surface area contributed by atoms with E-state index < -0.39 is 0 Å². The highest BCUT2D eigenvalue weighted by atomic mass is 16.5. The molecule has 0 spiro atoms. The molecule has 2 aromatic heterocycles. The van der Waals surface area contributed by atoms with Gasteiger partial charge in [-0.3, -0.25) is 4.79 Å². The van der Waals surface area contributed by atoms with E-state index >= 15 is 0 Å². The number of aromatic nitrogens is 2. The van der Waals surface area contributed by atoms with Crippen molar-refractivity contribution in [2.75, 3.05) is 25.7 Å². The van der Waals surface area contributed by atoms with Crippen LogP contribution in [0.2, 0.25) is 0 Å². The minimum absolute atomic E-state index is 0.0157. The minimum atomic E-state index is -0.180. The predicted molar refractivity (Wildman–Crippen MR) is 114 cm³/mol. The monoisotopic (exact) mass is 419 g/mol. The lowest BCUT2D eigenvalue weighted by atomic mass is 10.1. The summed E-state index contributed by atoms with van der Waals surface area (Å²) < 4.78 is 22.0. The molecule has 2 aromatic carbocycles. The van der Waals surface area contributed by atoms with Gasteiger partial charge in [-0.05, 0) is 49.4 Å². The van der Waals surface area contributed by atoms with Gasteiger partial charge < -0.3 is 23.3 Å². The highest BCUT2D eigenvalue weighted by molar-refractivity contribution is 5.96. The second-order valence-corrected chi connectivity index (χ2v) is 7.48. The molecular formula is C23H21N3O5. The number of methoxy groups -OCH3 is 2. The summed E-state index contributed by atoms with van der Waals surface area (Å²) in [7, 11) is 3.24. The highest BCUT2D eigenvalue weighted by Crippen LogP contribution is 2.36. The number of aryl methyl sites for hydroxylation is 1. The van der Waals surface area contributed by atoms with Crippen molar-refractivity contribution in [3.05, 3.63) is 53.9 Å². The topological polar surface area (TPSA) is 90.8 Å². The molecule has 8 nitrogen and oxygen atoms in total. The van der Waals surface area contributed by atoms with Crippen molar-refractivity contribution in [1.29, 1.82) is 0 Å². The van der Waals surface area contributed by atoms with Gasteiger partial charge in [-0.15, -0.1) is 0 Å². The highest BCUT2D eigenvalue weighted by Gasteiger charge is 2.35. The Labute approximate surface area is 178 Å². The number of hydrogen-bond acceptors (Lipinski definition) is 7. The molecule has 0 N–H and O–H groups in total. The van der Waals surface area contributed by atoms with Crippen LogP contribution in [0, 0.1) is 6.92 Å². The van der Waals surface area contributed by atoms with Gasteiger partial charge in [0.25, 0.3) is 0 Å². The first-order chi connectivity index (χ1) is 15.1. The van der Waals surface area contributed by atoms with Gasteiger partial charge in [0.15, 0.2) is 5.76 Å². The maximum absolute atomic E-state index is 12.6. The third-order valence-corrected chi connectivity index (χ3v) is 5.65. The number of amides is 1. The van der Waals surface area contributed by atoms with Crippen LogP contribution in [-0.4, -0.2) is 36.8 Å². The van der Waals surface area contributed by atoms with Crippen LogP contribution in [0.3, 0.4) is 0 Å². The Morgan fingerprint density at radius 1 is 1.06 bits per heavy atom. The molecular weight excluding hydrogens is 398 g/mol. The lowest BCUT2D eigenvalue weighted by Crippen LogP contribution is -2.24. The van der Waals surface area contributed by atoms with Crippen molar-refractivity contribution >= 4 is 22.6 Å². The van der Waals surface area contributed by atoms with E-state index in [0.29, 0.717) is 30.4 Å². The van der Waals surface area contributed by atoms with E-state index in [1.54, 1.807) is 19.1 Å². The Morgan fingerprint density at radius 2 is 1.81 bits per heavy atom. The number of rotatable bonds is 5. The van der Waals surface area contributed by atoms with Crippen LogP contribution >= 0.6 is 0 Å². The van der Waals surface area contributed by atoms with Gasteiger partial charge in [0.2, 0.25) is 17.6 Å². The summed E-state index contributed by atoms with van der Waals surface area (Å²) in [5.41, 5.74) is 2.44. The van der Waals surface area contributed by atoms with Gasteiger partial charge in [0, 0.05) is 29.6 Å². The first-order valence-electron chi connectivity index (χ1n) is 9.93. The molecule has 4 aromatic rings. The van der Waals surface area contributed by atoms with E-state index in [-0.39, 0.29) is 11.8 Å². The summed E-state index contributed by atoms with van der Waals surface area (Å²) in [5, 5.41) is 5.05. The Hall–Kier alpha value is -3.81. The number of furan rings is 1. The summed E-state index contributed by atoms with van der Waals surface area (Å²) >= 11 is 0. The molecule has 1 atom stereocenters. The average molecular weight is 419 g/mol. The number of hydrogen-bond donors (Lipinski definition) is 0. The van der Waals surface area contributed by atoms with Crippen LogP contribution in [0.4, 0.5) is 5.69 Å². The SMILES string of the molecule is COc1ccc(N2C[C@@H](c3nc(-c4oc5ccc(OC)cc5c4C)no3)CC2=O)cc1. The summed E-state index contributed by atoms with van der Waals surface area (Å²) in [6, 6.07) is 13.0. The zero-order valence-electron chi connectivity index (χ0n) is 17.4. The summed E-state index contributed by atoms with van der Waals surface area (Å²) in [6.07, 6.45) is 0.309. The summed E-state index contributed by atoms with van der Waals surface area (Å²) in [4.78, 5) is 18.9. The van der Waals surface area contributed by atoms with Gasteiger partial charge in [-0.25, -0.2) is 0 Å². The van der Waals surface area contributed by atoms with Gasteiger partial charge in [-0.1, -0.05) is 5.16 Å². The largest absolute Gasteiger partial charge is 0.497 e. The van der Waals surface area contributed by atoms with E-state index in [2.05, 4.69) is 10.1 Å². The van der Waals surface area contributed by atoms with Crippen LogP contribution in [0.25, 0.3) is 22.6 Å². The van der Waals surface area contributed by atoms with Crippen LogP contribution in [0.1, 0.15) is 23.8 Å². The molecule has 1 amide bonds. The smallest absolute Gasteiger partial charge is 0.238 e. The molecule has 3 heterocycles. The van der Waals surface area contributed by atoms with E-state index in [1.807, 2.05) is 49.4 Å². The zero-order chi connectivity index (χ0) is 21.5. The lowest BCUT2D eigenvalue weighted by Gasteiger charge is -2.16. The van der Waals surface area contributed by atoms with Gasteiger partial charge in [0.1, 0.15) is 17.1 Å². The molecule has 1 fully saturated rings. The number of carbonyl (C=O) groups excluding carboxylic acids is 1. The number of anilines is 1. The first kappa shape index (κ1) is 19.2. The van der Waals surface area contributed by atoms with Crippen molar-refractivity contribution in [3.8, 4) is 23.1 Å².